The summed E-state index contributed by atoms with van der Waals surface area (Å²) in [6.07, 6.45) is 0.786. The molecule has 0 spiro atoms. The van der Waals surface area contributed by atoms with Crippen LogP contribution < -0.4 is 5.32 Å². The van der Waals surface area contributed by atoms with Gasteiger partial charge >= 0.3 is 0 Å². The highest BCUT2D eigenvalue weighted by Crippen LogP contribution is 2.24. The van der Waals surface area contributed by atoms with E-state index >= 15 is 0 Å². The van der Waals surface area contributed by atoms with Crippen LogP contribution in [0, 0.1) is 0 Å². The summed E-state index contributed by atoms with van der Waals surface area (Å²) < 4.78 is 0. The third kappa shape index (κ3) is 3.40. The van der Waals surface area contributed by atoms with Crippen molar-refractivity contribution in [2.24, 2.45) is 0 Å². The van der Waals surface area contributed by atoms with Gasteiger partial charge in [-0.3, -0.25) is 4.90 Å². The maximum Gasteiger partial charge on any atom is 0.146 e. The predicted octanol–water partition coefficient (Wildman–Crippen LogP) is 1.94. The number of nitrogens with zero attached hydrogens (tertiary/aromatic N) is 3. The summed E-state index contributed by atoms with van der Waals surface area (Å²) in [6, 6.07) is 2.04. The molecule has 2 rings (SSSR count). The first-order valence-corrected chi connectivity index (χ1v) is 7.41. The molecule has 104 valence electrons. The Morgan fingerprint density at radius 3 is 2.95 bits per heavy atom. The normalized spacial score (nSPS) is 11.4. The van der Waals surface area contributed by atoms with Crippen LogP contribution in [0.1, 0.15) is 19.2 Å². The average molecular weight is 280 g/mol. The minimum absolute atomic E-state index is 0.225. The van der Waals surface area contributed by atoms with Gasteiger partial charge in [-0.25, -0.2) is 9.97 Å². The SMILES string of the molecule is CCN(CCCO)Cc1nc(NC)c2ccsc2n1. The van der Waals surface area contributed by atoms with Gasteiger partial charge in [-0.15, -0.1) is 11.3 Å². The van der Waals surface area contributed by atoms with Crippen molar-refractivity contribution in [1.82, 2.24) is 14.9 Å². The zero-order valence-corrected chi connectivity index (χ0v) is 12.2. The van der Waals surface area contributed by atoms with Crippen LogP contribution in [0.5, 0.6) is 0 Å². The molecule has 2 aromatic heterocycles. The van der Waals surface area contributed by atoms with Gasteiger partial charge in [0, 0.05) is 20.2 Å². The summed E-state index contributed by atoms with van der Waals surface area (Å²) in [6.45, 7) is 4.86. The molecule has 0 amide bonds. The van der Waals surface area contributed by atoms with Crippen LogP contribution in [-0.2, 0) is 6.54 Å². The van der Waals surface area contributed by atoms with Gasteiger partial charge in [0.2, 0.25) is 0 Å². The van der Waals surface area contributed by atoms with Gasteiger partial charge in [0.1, 0.15) is 16.5 Å². The van der Waals surface area contributed by atoms with E-state index in [2.05, 4.69) is 27.1 Å². The van der Waals surface area contributed by atoms with Crippen molar-refractivity contribution in [2.75, 3.05) is 32.1 Å². The van der Waals surface area contributed by atoms with Crippen LogP contribution in [-0.4, -0.2) is 46.7 Å². The second-order valence-electron chi connectivity index (χ2n) is 4.32. The number of fused-ring (bicyclic) bond motifs is 1. The first-order chi connectivity index (χ1) is 9.28. The summed E-state index contributed by atoms with van der Waals surface area (Å²) in [5.41, 5.74) is 0. The van der Waals surface area contributed by atoms with Gasteiger partial charge in [0.05, 0.1) is 11.9 Å². The van der Waals surface area contributed by atoms with Crippen molar-refractivity contribution < 1.29 is 5.11 Å². The monoisotopic (exact) mass is 280 g/mol. The van der Waals surface area contributed by atoms with E-state index in [0.29, 0.717) is 0 Å². The summed E-state index contributed by atoms with van der Waals surface area (Å²) in [5.74, 6) is 1.72. The first-order valence-electron chi connectivity index (χ1n) is 6.53. The first kappa shape index (κ1) is 14.2. The highest BCUT2D eigenvalue weighted by Gasteiger charge is 2.10. The number of aliphatic hydroxyl groups excluding tert-OH is 1. The van der Waals surface area contributed by atoms with Gasteiger partial charge in [0.25, 0.3) is 0 Å². The number of hydrogen-bond donors (Lipinski definition) is 2. The number of thiophene rings is 1. The van der Waals surface area contributed by atoms with Gasteiger partial charge in [-0.2, -0.15) is 0 Å². The highest BCUT2D eigenvalue weighted by atomic mass is 32.1. The van der Waals surface area contributed by atoms with E-state index in [9.17, 15) is 0 Å². The molecule has 5 nitrogen and oxygen atoms in total. The van der Waals surface area contributed by atoms with E-state index < -0.39 is 0 Å². The molecule has 2 heterocycles. The largest absolute Gasteiger partial charge is 0.396 e. The Balaban J connectivity index is 2.19. The fourth-order valence-corrected chi connectivity index (χ4v) is 2.79. The molecule has 0 aliphatic carbocycles. The lowest BCUT2D eigenvalue weighted by atomic mass is 10.3. The molecule has 0 saturated carbocycles. The Morgan fingerprint density at radius 1 is 1.42 bits per heavy atom. The Bertz CT molecular complexity index is 528. The summed E-state index contributed by atoms with van der Waals surface area (Å²) in [7, 11) is 1.88. The number of aliphatic hydroxyl groups is 1. The van der Waals surface area contributed by atoms with Crippen molar-refractivity contribution in [2.45, 2.75) is 19.9 Å². The minimum atomic E-state index is 0.225. The van der Waals surface area contributed by atoms with Crippen molar-refractivity contribution >= 4 is 27.4 Å². The zero-order chi connectivity index (χ0) is 13.7. The molecule has 0 saturated heterocycles. The molecule has 2 N–H and O–H groups in total. The Labute approximate surface area is 117 Å². The quantitative estimate of drug-likeness (QED) is 0.811. The molecule has 0 aliphatic rings. The molecule has 19 heavy (non-hydrogen) atoms. The number of aromatic nitrogens is 2. The molecule has 0 aliphatic heterocycles. The summed E-state index contributed by atoms with van der Waals surface area (Å²) in [5, 5.41) is 15.1. The Kier molecular flexibility index (Phi) is 5.07. The predicted molar refractivity (Wildman–Crippen MR) is 79.6 cm³/mol. The number of nitrogens with one attached hydrogen (secondary N) is 1. The topological polar surface area (TPSA) is 61.3 Å². The van der Waals surface area contributed by atoms with Gasteiger partial charge in [-0.05, 0) is 24.4 Å². The molecule has 2 aromatic rings. The molecule has 0 aromatic carbocycles. The summed E-state index contributed by atoms with van der Waals surface area (Å²) in [4.78, 5) is 12.4. The van der Waals surface area contributed by atoms with E-state index in [1.165, 1.54) is 0 Å². The van der Waals surface area contributed by atoms with Crippen LogP contribution in [0.3, 0.4) is 0 Å². The Hall–Kier alpha value is -1.24. The summed E-state index contributed by atoms with van der Waals surface area (Å²) >= 11 is 1.63. The van der Waals surface area contributed by atoms with Crippen LogP contribution in [0.4, 0.5) is 5.82 Å². The second kappa shape index (κ2) is 6.79. The molecule has 0 fully saturated rings. The average Bonchev–Trinajstić information content (AvgIpc) is 2.90. The molecular formula is C13H20N4OS. The van der Waals surface area contributed by atoms with E-state index in [0.717, 1.165) is 47.9 Å². The molecule has 0 bridgehead atoms. The minimum Gasteiger partial charge on any atom is -0.396 e. The maximum absolute atomic E-state index is 8.91. The molecule has 0 atom stereocenters. The third-order valence-corrected chi connectivity index (χ3v) is 3.86. The van der Waals surface area contributed by atoms with E-state index in [-0.39, 0.29) is 6.61 Å². The third-order valence-electron chi connectivity index (χ3n) is 3.05. The maximum atomic E-state index is 8.91. The Morgan fingerprint density at radius 2 is 2.26 bits per heavy atom. The highest BCUT2D eigenvalue weighted by molar-refractivity contribution is 7.16. The fourth-order valence-electron chi connectivity index (χ4n) is 2.00. The molecule has 0 unspecified atom stereocenters. The molecule has 0 radical (unpaired) electrons. The lowest BCUT2D eigenvalue weighted by molar-refractivity contribution is 0.222. The smallest absolute Gasteiger partial charge is 0.146 e. The zero-order valence-electron chi connectivity index (χ0n) is 11.4. The van der Waals surface area contributed by atoms with Crippen LogP contribution >= 0.6 is 11.3 Å². The lowest BCUT2D eigenvalue weighted by Crippen LogP contribution is -2.25. The standard InChI is InChI=1S/C13H20N4OS/c1-3-17(6-4-7-18)9-11-15-12(14-2)10-5-8-19-13(10)16-11/h5,8,18H,3-4,6-7,9H2,1-2H3,(H,14,15,16). The number of rotatable bonds is 7. The van der Waals surface area contributed by atoms with Crippen LogP contribution in [0.2, 0.25) is 0 Å². The van der Waals surface area contributed by atoms with Crippen molar-refractivity contribution in [1.29, 1.82) is 0 Å². The lowest BCUT2D eigenvalue weighted by Gasteiger charge is -2.19. The molecular weight excluding hydrogens is 260 g/mol. The van der Waals surface area contributed by atoms with Crippen molar-refractivity contribution in [3.05, 3.63) is 17.3 Å². The van der Waals surface area contributed by atoms with E-state index in [1.54, 1.807) is 11.3 Å². The van der Waals surface area contributed by atoms with Crippen molar-refractivity contribution in [3.8, 4) is 0 Å². The van der Waals surface area contributed by atoms with E-state index in [4.69, 9.17) is 5.11 Å². The second-order valence-corrected chi connectivity index (χ2v) is 5.22. The van der Waals surface area contributed by atoms with Crippen LogP contribution in [0.15, 0.2) is 11.4 Å². The van der Waals surface area contributed by atoms with Gasteiger partial charge in [0.15, 0.2) is 0 Å². The van der Waals surface area contributed by atoms with Crippen molar-refractivity contribution in [3.63, 3.8) is 0 Å². The number of anilines is 1. The fraction of sp³-hybridized carbons (Fsp3) is 0.538. The van der Waals surface area contributed by atoms with Gasteiger partial charge in [-0.1, -0.05) is 6.92 Å². The molecule has 6 heteroatoms. The number of hydrogen-bond acceptors (Lipinski definition) is 6. The van der Waals surface area contributed by atoms with E-state index in [1.807, 2.05) is 18.5 Å². The van der Waals surface area contributed by atoms with Crippen LogP contribution in [0.25, 0.3) is 10.2 Å². The van der Waals surface area contributed by atoms with Gasteiger partial charge < -0.3 is 10.4 Å².